The molecule has 1 fully saturated rings. The second-order valence-electron chi connectivity index (χ2n) is 7.36. The predicted molar refractivity (Wildman–Crippen MR) is 111 cm³/mol. The van der Waals surface area contributed by atoms with E-state index in [0.717, 1.165) is 28.6 Å². The lowest BCUT2D eigenvalue weighted by Crippen LogP contribution is -2.55. The van der Waals surface area contributed by atoms with Crippen molar-refractivity contribution in [2.24, 2.45) is 0 Å². The van der Waals surface area contributed by atoms with Gasteiger partial charge in [-0.1, -0.05) is 17.0 Å². The van der Waals surface area contributed by atoms with Gasteiger partial charge in [-0.3, -0.25) is 0 Å². The number of aliphatic hydroxyl groups excluding tert-OH is 3. The van der Waals surface area contributed by atoms with Crippen LogP contribution in [0, 0.1) is 28.8 Å². The van der Waals surface area contributed by atoms with Crippen molar-refractivity contribution in [2.45, 2.75) is 34.8 Å². The van der Waals surface area contributed by atoms with Crippen LogP contribution in [0.3, 0.4) is 0 Å². The van der Waals surface area contributed by atoms with Gasteiger partial charge in [0.05, 0.1) is 19.9 Å². The number of halogens is 3. The van der Waals surface area contributed by atoms with Crippen molar-refractivity contribution in [3.8, 4) is 23.1 Å². The van der Waals surface area contributed by atoms with E-state index in [0.29, 0.717) is 0 Å². The normalized spacial score (nSPS) is 24.2. The highest BCUT2D eigenvalue weighted by Gasteiger charge is 2.46. The second kappa shape index (κ2) is 10.1. The first-order chi connectivity index (χ1) is 16.8. The largest absolute Gasteiger partial charge is 0.494 e. The summed E-state index contributed by atoms with van der Waals surface area (Å²) in [5.41, 5.74) is -1.32. The van der Waals surface area contributed by atoms with Gasteiger partial charge in [-0.05, 0) is 12.1 Å². The fourth-order valence-electron chi connectivity index (χ4n) is 3.50. The van der Waals surface area contributed by atoms with Crippen LogP contribution in [-0.4, -0.2) is 78.0 Å². The molecule has 3 N–H and O–H groups in total. The van der Waals surface area contributed by atoms with Gasteiger partial charge in [-0.15, -0.1) is 15.3 Å². The average Bonchev–Trinajstić information content (AvgIpc) is 3.33. The van der Waals surface area contributed by atoms with Crippen molar-refractivity contribution >= 4 is 11.8 Å². The van der Waals surface area contributed by atoms with Crippen molar-refractivity contribution < 1.29 is 38.0 Å². The molecule has 0 bridgehead atoms. The molecule has 2 unspecified atom stereocenters. The summed E-state index contributed by atoms with van der Waals surface area (Å²) < 4.78 is 52.3. The van der Waals surface area contributed by atoms with Gasteiger partial charge in [-0.25, -0.2) is 17.9 Å². The van der Waals surface area contributed by atoms with Gasteiger partial charge in [0.15, 0.2) is 23.2 Å². The zero-order valence-corrected chi connectivity index (χ0v) is 18.6. The highest BCUT2D eigenvalue weighted by atomic mass is 32.2. The van der Waals surface area contributed by atoms with Gasteiger partial charge in [0.2, 0.25) is 5.69 Å². The first-order valence-electron chi connectivity index (χ1n) is 9.95. The molecule has 0 radical (unpaired) electrons. The molecule has 2 aromatic heterocycles. The van der Waals surface area contributed by atoms with E-state index in [-0.39, 0.29) is 27.7 Å². The molecule has 1 aliphatic rings. The number of aromatic nitrogens is 5. The van der Waals surface area contributed by atoms with Crippen LogP contribution in [0.2, 0.25) is 0 Å². The minimum absolute atomic E-state index is 0.0488. The van der Waals surface area contributed by atoms with Crippen molar-refractivity contribution in [3.63, 3.8) is 0 Å². The van der Waals surface area contributed by atoms with Crippen molar-refractivity contribution in [1.29, 1.82) is 5.26 Å². The Labute approximate surface area is 199 Å². The lowest BCUT2D eigenvalue weighted by Gasteiger charge is -2.41. The van der Waals surface area contributed by atoms with Gasteiger partial charge in [-0.2, -0.15) is 5.26 Å². The first kappa shape index (κ1) is 24.8. The molecule has 1 aromatic carbocycles. The Hall–Kier alpha value is -3.29. The zero-order chi connectivity index (χ0) is 25.3. The van der Waals surface area contributed by atoms with E-state index in [1.54, 1.807) is 0 Å². The summed E-state index contributed by atoms with van der Waals surface area (Å²) in [6.07, 6.45) is -2.85. The van der Waals surface area contributed by atoms with Crippen LogP contribution >= 0.6 is 11.8 Å². The number of benzene rings is 1. The number of hydrogen-bond acceptors (Lipinski definition) is 11. The highest BCUT2D eigenvalue weighted by molar-refractivity contribution is 7.99. The molecule has 184 valence electrons. The third-order valence-corrected chi connectivity index (χ3v) is 6.31. The Bertz CT molecular complexity index is 1250. The first-order valence-corrected chi connectivity index (χ1v) is 10.8. The van der Waals surface area contributed by atoms with Crippen LogP contribution in [0.15, 0.2) is 29.4 Å². The molecule has 0 amide bonds. The van der Waals surface area contributed by atoms with Gasteiger partial charge < -0.3 is 24.8 Å². The standard InChI is InChI=1S/C20H17F3N6O5S/c1-33-13-4-15(27-25-11(13)5-24)35-20-19(32)17(18(31)14(7-30)34-20)29-6-12(26-28-29)8-2-9(21)16(23)10(22)3-8/h2-4,6,14,17-20,30-32H,7H2,1H3/t14?,17-,18-,19?,20+/m0/s1. The number of rotatable bonds is 6. The maximum absolute atomic E-state index is 13.6. The SMILES string of the molecule is COc1cc(S[C@H]2OC(CO)[C@H](O)[C@H](n3cc(-c4cc(F)c(F)c(F)c4)nn3)C2O)nnc1C#N. The molecule has 0 spiro atoms. The number of nitrogens with zero attached hydrogens (tertiary/aromatic N) is 6. The summed E-state index contributed by atoms with van der Waals surface area (Å²) in [5.74, 6) is -4.33. The fraction of sp³-hybridized carbons (Fsp3) is 0.350. The third-order valence-electron chi connectivity index (χ3n) is 5.24. The van der Waals surface area contributed by atoms with Crippen molar-refractivity contribution in [1.82, 2.24) is 25.2 Å². The lowest BCUT2D eigenvalue weighted by atomic mass is 9.97. The molecular weight excluding hydrogens is 493 g/mol. The smallest absolute Gasteiger partial charge is 0.204 e. The molecule has 0 aliphatic carbocycles. The minimum Gasteiger partial charge on any atom is -0.494 e. The van der Waals surface area contributed by atoms with Crippen molar-refractivity contribution in [2.75, 3.05) is 13.7 Å². The van der Waals surface area contributed by atoms with E-state index in [4.69, 9.17) is 14.7 Å². The Morgan fingerprint density at radius 3 is 2.49 bits per heavy atom. The highest BCUT2D eigenvalue weighted by Crippen LogP contribution is 2.38. The Balaban J connectivity index is 1.63. The van der Waals surface area contributed by atoms with Crippen LogP contribution < -0.4 is 4.74 Å². The molecule has 15 heteroatoms. The Kier molecular flexibility index (Phi) is 7.19. The van der Waals surface area contributed by atoms with Crippen LogP contribution in [0.4, 0.5) is 13.2 Å². The van der Waals surface area contributed by atoms with Crippen LogP contribution in [0.5, 0.6) is 5.75 Å². The maximum Gasteiger partial charge on any atom is 0.204 e. The molecule has 1 aliphatic heterocycles. The molecule has 4 rings (SSSR count). The van der Waals surface area contributed by atoms with E-state index in [2.05, 4.69) is 20.5 Å². The number of nitriles is 1. The number of aliphatic hydroxyl groups is 3. The van der Waals surface area contributed by atoms with Crippen LogP contribution in [-0.2, 0) is 4.74 Å². The Morgan fingerprint density at radius 1 is 1.14 bits per heavy atom. The second-order valence-corrected chi connectivity index (χ2v) is 8.48. The molecule has 5 atom stereocenters. The zero-order valence-electron chi connectivity index (χ0n) is 17.8. The number of thioether (sulfide) groups is 1. The number of hydrogen-bond donors (Lipinski definition) is 3. The average molecular weight is 510 g/mol. The predicted octanol–water partition coefficient (Wildman–Crippen LogP) is 0.805. The van der Waals surface area contributed by atoms with Crippen molar-refractivity contribution in [3.05, 3.63) is 47.5 Å². The molecule has 1 saturated heterocycles. The number of methoxy groups -OCH3 is 1. The lowest BCUT2D eigenvalue weighted by molar-refractivity contribution is -0.178. The minimum atomic E-state index is -1.63. The Morgan fingerprint density at radius 2 is 1.86 bits per heavy atom. The van der Waals surface area contributed by atoms with E-state index in [1.807, 2.05) is 6.07 Å². The summed E-state index contributed by atoms with van der Waals surface area (Å²) in [6, 6.07) is 3.49. The van der Waals surface area contributed by atoms with E-state index in [1.165, 1.54) is 19.4 Å². The molecule has 35 heavy (non-hydrogen) atoms. The van der Waals surface area contributed by atoms with Gasteiger partial charge in [0.1, 0.15) is 46.6 Å². The summed E-state index contributed by atoms with van der Waals surface area (Å²) in [5, 5.41) is 55.9. The molecule has 3 heterocycles. The van der Waals surface area contributed by atoms with Gasteiger partial charge in [0, 0.05) is 11.6 Å². The fourth-order valence-corrected chi connectivity index (χ4v) is 4.50. The summed E-state index contributed by atoms with van der Waals surface area (Å²) >= 11 is 0.890. The van der Waals surface area contributed by atoms with Gasteiger partial charge >= 0.3 is 0 Å². The van der Waals surface area contributed by atoms with E-state index >= 15 is 0 Å². The number of ether oxygens (including phenoxy) is 2. The molecular formula is C20H17F3N6O5S. The topological polar surface area (TPSA) is 159 Å². The van der Waals surface area contributed by atoms with Gasteiger partial charge in [0.25, 0.3) is 0 Å². The monoisotopic (exact) mass is 510 g/mol. The summed E-state index contributed by atoms with van der Waals surface area (Å²) in [7, 11) is 1.34. The van der Waals surface area contributed by atoms with Crippen LogP contribution in [0.25, 0.3) is 11.3 Å². The summed E-state index contributed by atoms with van der Waals surface area (Å²) in [4.78, 5) is 0. The quantitative estimate of drug-likeness (QED) is 0.403. The van der Waals surface area contributed by atoms with Crippen LogP contribution in [0.1, 0.15) is 11.7 Å². The molecule has 3 aromatic rings. The maximum atomic E-state index is 13.6. The van der Waals surface area contributed by atoms with E-state index < -0.39 is 53.8 Å². The molecule has 0 saturated carbocycles. The summed E-state index contributed by atoms with van der Waals surface area (Å²) in [6.45, 7) is -0.611. The van der Waals surface area contributed by atoms with E-state index in [9.17, 15) is 28.5 Å². The molecule has 11 nitrogen and oxygen atoms in total. The third kappa shape index (κ3) is 4.79.